The Bertz CT molecular complexity index is 1270. The number of aromatic nitrogens is 4. The summed E-state index contributed by atoms with van der Waals surface area (Å²) < 4.78 is 7.00. The van der Waals surface area contributed by atoms with E-state index < -0.39 is 0 Å². The average Bonchev–Trinajstić information content (AvgIpc) is 3.19. The molecule has 1 aliphatic rings. The molecule has 1 aromatic carbocycles. The van der Waals surface area contributed by atoms with Crippen molar-refractivity contribution in [3.05, 3.63) is 81.2 Å². The Morgan fingerprint density at radius 2 is 2.13 bits per heavy atom. The van der Waals surface area contributed by atoms with Crippen molar-refractivity contribution >= 4 is 21.6 Å². The van der Waals surface area contributed by atoms with Crippen LogP contribution in [-0.2, 0) is 25.9 Å². The van der Waals surface area contributed by atoms with Gasteiger partial charge in [-0.2, -0.15) is 0 Å². The number of nitrogens with zero attached hydrogens (tertiary/aromatic N) is 4. The second-order valence-corrected chi connectivity index (χ2v) is 8.86. The highest BCUT2D eigenvalue weighted by molar-refractivity contribution is 7.18. The van der Waals surface area contributed by atoms with Crippen molar-refractivity contribution in [1.82, 2.24) is 24.8 Å². The molecule has 0 bridgehead atoms. The molecule has 1 unspecified atom stereocenters. The summed E-state index contributed by atoms with van der Waals surface area (Å²) in [5.41, 5.74) is 3.31. The maximum Gasteiger partial charge on any atom is 0.262 e. The topological polar surface area (TPSA) is 81.9 Å². The molecule has 1 N–H and O–H groups in total. The molecule has 1 aliphatic carbocycles. The molecule has 0 aliphatic heterocycles. The zero-order valence-electron chi connectivity index (χ0n) is 17.2. The lowest BCUT2D eigenvalue weighted by atomic mass is 9.93. The Hall–Kier alpha value is -3.10. The Kier molecular flexibility index (Phi) is 5.48. The Balaban J connectivity index is 1.37. The Morgan fingerprint density at radius 3 is 2.97 bits per heavy atom. The van der Waals surface area contributed by atoms with Crippen molar-refractivity contribution < 1.29 is 4.74 Å². The van der Waals surface area contributed by atoms with Gasteiger partial charge >= 0.3 is 0 Å². The highest BCUT2D eigenvalue weighted by Gasteiger charge is 2.25. The van der Waals surface area contributed by atoms with Gasteiger partial charge in [-0.3, -0.25) is 9.36 Å². The first kappa shape index (κ1) is 19.8. The zero-order chi connectivity index (χ0) is 21.2. The van der Waals surface area contributed by atoms with Crippen molar-refractivity contribution in [2.75, 3.05) is 7.11 Å². The predicted octanol–water partition coefficient (Wildman–Crippen LogP) is 2.95. The third-order valence-electron chi connectivity index (χ3n) is 5.73. The quantitative estimate of drug-likeness (QED) is 0.504. The van der Waals surface area contributed by atoms with Crippen LogP contribution in [-0.4, -0.2) is 32.7 Å². The zero-order valence-corrected chi connectivity index (χ0v) is 18.1. The summed E-state index contributed by atoms with van der Waals surface area (Å²) in [5, 5.41) is 4.40. The monoisotopic (exact) mass is 433 g/mol. The normalized spacial score (nSPS) is 15.7. The fourth-order valence-corrected chi connectivity index (χ4v) is 5.40. The van der Waals surface area contributed by atoms with E-state index in [1.807, 2.05) is 36.7 Å². The summed E-state index contributed by atoms with van der Waals surface area (Å²) in [6.07, 6.45) is 9.68. The minimum Gasteiger partial charge on any atom is -0.497 e. The SMILES string of the molecule is COc1cccc(Cn2cnc3sc4c(c3c2=O)CCC(NCc2cncnc2)C4)c1. The molecular weight excluding hydrogens is 410 g/mol. The number of methoxy groups -OCH3 is 1. The highest BCUT2D eigenvalue weighted by Crippen LogP contribution is 2.33. The van der Waals surface area contributed by atoms with Crippen LogP contribution in [0.2, 0.25) is 0 Å². The van der Waals surface area contributed by atoms with Gasteiger partial charge in [-0.1, -0.05) is 12.1 Å². The van der Waals surface area contributed by atoms with Crippen LogP contribution in [0.5, 0.6) is 5.75 Å². The Morgan fingerprint density at radius 1 is 1.26 bits per heavy atom. The first-order valence-electron chi connectivity index (χ1n) is 10.3. The number of nitrogens with one attached hydrogen (secondary N) is 1. The van der Waals surface area contributed by atoms with E-state index in [-0.39, 0.29) is 5.56 Å². The summed E-state index contributed by atoms with van der Waals surface area (Å²) in [7, 11) is 1.65. The second-order valence-electron chi connectivity index (χ2n) is 7.78. The standard InChI is InChI=1S/C23H23N5O2S/c1-30-18-4-2-3-15(7-18)12-28-14-27-22-21(23(28)29)19-6-5-17(8-20(19)31-22)26-11-16-9-24-13-25-10-16/h2-4,7,9-10,13-14,17,26H,5-6,8,11-12H2,1H3. The van der Waals surface area contributed by atoms with Crippen molar-refractivity contribution in [3.8, 4) is 5.75 Å². The molecule has 1 atom stereocenters. The summed E-state index contributed by atoms with van der Waals surface area (Å²) >= 11 is 1.65. The first-order chi connectivity index (χ1) is 15.2. The number of thiophene rings is 1. The van der Waals surface area contributed by atoms with Gasteiger partial charge in [0.1, 0.15) is 16.9 Å². The third-order valence-corrected chi connectivity index (χ3v) is 6.89. The molecular formula is C23H23N5O2S. The van der Waals surface area contributed by atoms with Crippen molar-refractivity contribution in [1.29, 1.82) is 0 Å². The maximum atomic E-state index is 13.3. The lowest BCUT2D eigenvalue weighted by molar-refractivity contribution is 0.414. The fourth-order valence-electron chi connectivity index (χ4n) is 4.14. The summed E-state index contributed by atoms with van der Waals surface area (Å²) in [6, 6.07) is 8.16. The molecule has 4 aromatic rings. The van der Waals surface area contributed by atoms with E-state index in [9.17, 15) is 4.79 Å². The number of rotatable bonds is 6. The smallest absolute Gasteiger partial charge is 0.262 e. The van der Waals surface area contributed by atoms with Gasteiger partial charge in [0, 0.05) is 35.4 Å². The largest absolute Gasteiger partial charge is 0.497 e. The molecule has 3 aromatic heterocycles. The van der Waals surface area contributed by atoms with E-state index in [0.29, 0.717) is 12.6 Å². The van der Waals surface area contributed by atoms with Crippen LogP contribution in [0.25, 0.3) is 10.2 Å². The minimum atomic E-state index is 0.0400. The molecule has 0 amide bonds. The van der Waals surface area contributed by atoms with Crippen LogP contribution in [0.15, 0.2) is 54.1 Å². The van der Waals surface area contributed by atoms with Gasteiger partial charge in [0.05, 0.1) is 25.4 Å². The van der Waals surface area contributed by atoms with E-state index in [2.05, 4.69) is 20.3 Å². The molecule has 0 spiro atoms. The van der Waals surface area contributed by atoms with Crippen LogP contribution < -0.4 is 15.6 Å². The highest BCUT2D eigenvalue weighted by atomic mass is 32.1. The van der Waals surface area contributed by atoms with Gasteiger partial charge in [0.2, 0.25) is 0 Å². The van der Waals surface area contributed by atoms with Gasteiger partial charge in [-0.15, -0.1) is 11.3 Å². The fraction of sp³-hybridized carbons (Fsp3) is 0.304. The molecule has 8 heteroatoms. The summed E-state index contributed by atoms with van der Waals surface area (Å²) in [4.78, 5) is 28.1. The maximum absolute atomic E-state index is 13.3. The van der Waals surface area contributed by atoms with Crippen molar-refractivity contribution in [3.63, 3.8) is 0 Å². The van der Waals surface area contributed by atoms with Crippen LogP contribution in [0, 0.1) is 0 Å². The number of aryl methyl sites for hydroxylation is 1. The number of benzene rings is 1. The van der Waals surface area contributed by atoms with E-state index in [0.717, 1.165) is 52.9 Å². The molecule has 0 fully saturated rings. The molecule has 0 saturated heterocycles. The number of hydrogen-bond donors (Lipinski definition) is 1. The van der Waals surface area contributed by atoms with Gasteiger partial charge in [-0.05, 0) is 42.5 Å². The summed E-state index contributed by atoms with van der Waals surface area (Å²) in [6.45, 7) is 1.23. The van der Waals surface area contributed by atoms with Gasteiger partial charge < -0.3 is 10.1 Å². The van der Waals surface area contributed by atoms with Crippen LogP contribution in [0.4, 0.5) is 0 Å². The van der Waals surface area contributed by atoms with Crippen molar-refractivity contribution in [2.24, 2.45) is 0 Å². The van der Waals surface area contributed by atoms with Crippen LogP contribution in [0.1, 0.15) is 28.0 Å². The number of fused-ring (bicyclic) bond motifs is 3. The van der Waals surface area contributed by atoms with E-state index in [4.69, 9.17) is 4.74 Å². The molecule has 0 saturated carbocycles. The van der Waals surface area contributed by atoms with Gasteiger partial charge in [0.25, 0.3) is 5.56 Å². The lowest BCUT2D eigenvalue weighted by Crippen LogP contribution is -2.34. The van der Waals surface area contributed by atoms with Gasteiger partial charge in [-0.25, -0.2) is 15.0 Å². The van der Waals surface area contributed by atoms with Crippen LogP contribution in [0.3, 0.4) is 0 Å². The molecule has 31 heavy (non-hydrogen) atoms. The predicted molar refractivity (Wildman–Crippen MR) is 121 cm³/mol. The molecule has 158 valence electrons. The Labute approximate surface area is 183 Å². The lowest BCUT2D eigenvalue weighted by Gasteiger charge is -2.23. The van der Waals surface area contributed by atoms with E-state index in [1.54, 1.807) is 35.7 Å². The van der Waals surface area contributed by atoms with E-state index >= 15 is 0 Å². The summed E-state index contributed by atoms with van der Waals surface area (Å²) in [5.74, 6) is 0.785. The number of hydrogen-bond acceptors (Lipinski definition) is 7. The minimum absolute atomic E-state index is 0.0400. The average molecular weight is 434 g/mol. The van der Waals surface area contributed by atoms with Crippen LogP contribution >= 0.6 is 11.3 Å². The van der Waals surface area contributed by atoms with E-state index in [1.165, 1.54) is 10.4 Å². The van der Waals surface area contributed by atoms with Gasteiger partial charge in [0.15, 0.2) is 0 Å². The second kappa shape index (κ2) is 8.56. The first-order valence-corrected chi connectivity index (χ1v) is 11.1. The third kappa shape index (κ3) is 4.08. The molecule has 7 nitrogen and oxygen atoms in total. The molecule has 3 heterocycles. The molecule has 0 radical (unpaired) electrons. The number of ether oxygens (including phenoxy) is 1. The molecule has 5 rings (SSSR count). The van der Waals surface area contributed by atoms with Crippen molar-refractivity contribution in [2.45, 2.75) is 38.4 Å².